The summed E-state index contributed by atoms with van der Waals surface area (Å²) in [6.07, 6.45) is 3.13. The molecule has 1 amide bonds. The molecule has 2 heterocycles. The van der Waals surface area contributed by atoms with Gasteiger partial charge in [0.25, 0.3) is 0 Å². The van der Waals surface area contributed by atoms with Crippen LogP contribution in [0, 0.1) is 0 Å². The highest BCUT2D eigenvalue weighted by Crippen LogP contribution is 2.40. The summed E-state index contributed by atoms with van der Waals surface area (Å²) in [7, 11) is 0. The van der Waals surface area contributed by atoms with E-state index < -0.39 is 11.6 Å². The number of carbonyl (C=O) groups is 2. The maximum Gasteiger partial charge on any atom is 0.410 e. The molecule has 0 bridgehead atoms. The zero-order valence-corrected chi connectivity index (χ0v) is 21.9. The zero-order valence-electron chi connectivity index (χ0n) is 20.3. The van der Waals surface area contributed by atoms with Crippen LogP contribution in [0.15, 0.2) is 41.0 Å². The van der Waals surface area contributed by atoms with Crippen molar-refractivity contribution in [1.29, 1.82) is 0 Å². The number of aliphatic carboxylic acids is 1. The number of rotatable bonds is 2. The van der Waals surface area contributed by atoms with Crippen LogP contribution in [0.1, 0.15) is 63.0 Å². The van der Waals surface area contributed by atoms with Crippen LogP contribution in [-0.2, 0) is 9.53 Å². The second kappa shape index (κ2) is 10.7. The number of ether oxygens (including phenoxy) is 1. The van der Waals surface area contributed by atoms with Crippen molar-refractivity contribution in [1.82, 2.24) is 14.8 Å². The molecule has 2 aromatic rings. The van der Waals surface area contributed by atoms with Crippen molar-refractivity contribution in [2.75, 3.05) is 26.2 Å². The van der Waals surface area contributed by atoms with Gasteiger partial charge in [-0.3, -0.25) is 9.88 Å². The molecule has 1 atom stereocenters. The number of carbonyl (C=O) groups excluding carboxylic acids is 1. The third-order valence-electron chi connectivity index (χ3n) is 5.58. The molecule has 0 spiro atoms. The number of fused-ring (bicyclic) bond motifs is 2. The van der Waals surface area contributed by atoms with E-state index in [2.05, 4.69) is 20.8 Å². The molecule has 182 valence electrons. The lowest BCUT2D eigenvalue weighted by atomic mass is 9.93. The van der Waals surface area contributed by atoms with Crippen LogP contribution < -0.4 is 0 Å². The summed E-state index contributed by atoms with van der Waals surface area (Å²) in [6, 6.07) is 9.28. The maximum atomic E-state index is 12.5. The van der Waals surface area contributed by atoms with Gasteiger partial charge in [0.2, 0.25) is 0 Å². The van der Waals surface area contributed by atoms with Crippen molar-refractivity contribution in [2.24, 2.45) is 0 Å². The summed E-state index contributed by atoms with van der Waals surface area (Å²) >= 11 is 3.46. The fourth-order valence-electron chi connectivity index (χ4n) is 4.21. The molecule has 1 saturated heterocycles. The van der Waals surface area contributed by atoms with Gasteiger partial charge < -0.3 is 14.7 Å². The molecule has 4 rings (SSSR count). The van der Waals surface area contributed by atoms with Gasteiger partial charge in [-0.15, -0.1) is 0 Å². The summed E-state index contributed by atoms with van der Waals surface area (Å²) in [5, 5.41) is 9.92. The average Bonchev–Trinajstić information content (AvgIpc) is 2.94. The molecule has 7 nitrogen and oxygen atoms in total. The number of carboxylic acids is 1. The molecule has 8 heteroatoms. The number of carboxylic acid groups (broad SMARTS) is 1. The predicted octanol–water partition coefficient (Wildman–Crippen LogP) is 5.45. The first kappa shape index (κ1) is 25.9. The van der Waals surface area contributed by atoms with Crippen molar-refractivity contribution in [3.8, 4) is 0 Å². The van der Waals surface area contributed by atoms with E-state index in [1.807, 2.05) is 65.0 Å². The summed E-state index contributed by atoms with van der Waals surface area (Å²) < 4.78 is 6.31. The Bertz CT molecular complexity index is 1090. The van der Waals surface area contributed by atoms with Crippen molar-refractivity contribution in [3.05, 3.63) is 63.4 Å². The largest absolute Gasteiger partial charge is 0.478 e. The van der Waals surface area contributed by atoms with E-state index in [4.69, 9.17) is 9.72 Å². The van der Waals surface area contributed by atoms with Crippen molar-refractivity contribution in [2.45, 2.75) is 46.3 Å². The lowest BCUT2D eigenvalue weighted by molar-refractivity contribution is -0.130. The number of amides is 1. The summed E-state index contributed by atoms with van der Waals surface area (Å²) in [6.45, 7) is 11.9. The highest BCUT2D eigenvalue weighted by atomic mass is 79.9. The Balaban J connectivity index is 0.00000158. The van der Waals surface area contributed by atoms with Crippen molar-refractivity contribution >= 4 is 39.6 Å². The number of pyridine rings is 1. The SMILES string of the molecule is CC.CC(C)(C)OC(=O)N1CCN(C2c3ccccc3C(C(=O)O)=Cc3cc(Br)cnc32)CC1. The predicted molar refractivity (Wildman–Crippen MR) is 136 cm³/mol. The standard InChI is InChI=1S/C24H26BrN3O4.C2H6/c1-24(2,3)32-23(31)28-10-8-27(9-11-28)21-18-7-5-4-6-17(18)19(22(29)30)13-15-12-16(25)14-26-20(15)21;1-2/h4-7,12-14,21H,8-11H2,1-3H3,(H,29,30);1-2H3. The van der Waals surface area contributed by atoms with Gasteiger partial charge in [0.15, 0.2) is 0 Å². The van der Waals surface area contributed by atoms with Crippen LogP contribution in [0.4, 0.5) is 4.79 Å². The van der Waals surface area contributed by atoms with Crippen molar-refractivity contribution in [3.63, 3.8) is 0 Å². The van der Waals surface area contributed by atoms with E-state index in [-0.39, 0.29) is 17.7 Å². The molecular formula is C26H32BrN3O4. The van der Waals surface area contributed by atoms with Gasteiger partial charge in [-0.1, -0.05) is 38.1 Å². The second-order valence-corrected chi connectivity index (χ2v) is 9.90. The maximum absolute atomic E-state index is 12.5. The van der Waals surface area contributed by atoms with E-state index in [1.54, 1.807) is 17.2 Å². The summed E-state index contributed by atoms with van der Waals surface area (Å²) in [5.41, 5.74) is 2.88. The van der Waals surface area contributed by atoms with Gasteiger partial charge in [-0.2, -0.15) is 0 Å². The minimum Gasteiger partial charge on any atom is -0.478 e. The van der Waals surface area contributed by atoms with Gasteiger partial charge in [0.1, 0.15) is 5.60 Å². The first-order valence-corrected chi connectivity index (χ1v) is 12.3. The van der Waals surface area contributed by atoms with E-state index in [1.165, 1.54) is 0 Å². The summed E-state index contributed by atoms with van der Waals surface area (Å²) in [4.78, 5) is 33.3. The Labute approximate surface area is 209 Å². The van der Waals surface area contributed by atoms with E-state index >= 15 is 0 Å². The van der Waals surface area contributed by atoms with Crippen molar-refractivity contribution < 1.29 is 19.4 Å². The quantitative estimate of drug-likeness (QED) is 0.556. The fraction of sp³-hybridized carbons (Fsp3) is 0.423. The lowest BCUT2D eigenvalue weighted by Crippen LogP contribution is -2.51. The number of nitrogens with zero attached hydrogens (tertiary/aromatic N) is 3. The average molecular weight is 530 g/mol. The number of piperazine rings is 1. The van der Waals surface area contributed by atoms with Crippen LogP contribution in [0.3, 0.4) is 0 Å². The third kappa shape index (κ3) is 5.67. The minimum atomic E-state index is -0.973. The number of benzene rings is 1. The van der Waals surface area contributed by atoms with Crippen LogP contribution in [0.5, 0.6) is 0 Å². The third-order valence-corrected chi connectivity index (χ3v) is 6.02. The van der Waals surface area contributed by atoms with Gasteiger partial charge >= 0.3 is 12.1 Å². The molecule has 34 heavy (non-hydrogen) atoms. The zero-order chi connectivity index (χ0) is 25.0. The lowest BCUT2D eigenvalue weighted by Gasteiger charge is -2.40. The first-order valence-electron chi connectivity index (χ1n) is 11.6. The fourth-order valence-corrected chi connectivity index (χ4v) is 4.56. The molecule has 2 aliphatic rings. The number of aromatic nitrogens is 1. The number of hydrogen-bond donors (Lipinski definition) is 1. The Morgan fingerprint density at radius 3 is 2.38 bits per heavy atom. The molecule has 0 radical (unpaired) electrons. The van der Waals surface area contributed by atoms with Gasteiger partial charge in [-0.05, 0) is 65.5 Å². The Kier molecular flexibility index (Phi) is 8.15. The number of hydrogen-bond acceptors (Lipinski definition) is 5. The Hall–Kier alpha value is -2.71. The Morgan fingerprint density at radius 1 is 1.12 bits per heavy atom. The molecular weight excluding hydrogens is 498 g/mol. The monoisotopic (exact) mass is 529 g/mol. The highest BCUT2D eigenvalue weighted by molar-refractivity contribution is 9.10. The van der Waals surface area contributed by atoms with Gasteiger partial charge in [0, 0.05) is 36.8 Å². The highest BCUT2D eigenvalue weighted by Gasteiger charge is 2.35. The van der Waals surface area contributed by atoms with Crippen LogP contribution in [-0.4, -0.2) is 63.7 Å². The topological polar surface area (TPSA) is 83.0 Å². The second-order valence-electron chi connectivity index (χ2n) is 8.98. The molecule has 0 saturated carbocycles. The van der Waals surface area contributed by atoms with Crippen LogP contribution >= 0.6 is 15.9 Å². The van der Waals surface area contributed by atoms with Crippen LogP contribution in [0.2, 0.25) is 0 Å². The van der Waals surface area contributed by atoms with E-state index in [0.717, 1.165) is 21.3 Å². The van der Waals surface area contributed by atoms with Gasteiger partial charge in [-0.25, -0.2) is 9.59 Å². The smallest absolute Gasteiger partial charge is 0.410 e. The normalized spacial score (nSPS) is 17.9. The van der Waals surface area contributed by atoms with E-state index in [9.17, 15) is 14.7 Å². The molecule has 1 N–H and O–H groups in total. The molecule has 1 unspecified atom stereocenters. The molecule has 1 aromatic carbocycles. The van der Waals surface area contributed by atoms with Crippen LogP contribution in [0.25, 0.3) is 11.6 Å². The first-order chi connectivity index (χ1) is 16.1. The number of halogens is 1. The summed E-state index contributed by atoms with van der Waals surface area (Å²) in [5.74, 6) is -0.973. The van der Waals surface area contributed by atoms with E-state index in [0.29, 0.717) is 31.7 Å². The molecule has 1 aliphatic heterocycles. The van der Waals surface area contributed by atoms with Gasteiger partial charge in [0.05, 0.1) is 17.3 Å². The molecule has 1 aliphatic carbocycles. The minimum absolute atomic E-state index is 0.219. The molecule has 1 fully saturated rings. The molecule has 1 aromatic heterocycles. The Morgan fingerprint density at radius 2 is 1.76 bits per heavy atom.